The Morgan fingerprint density at radius 1 is 1.23 bits per heavy atom. The SMILES string of the molecule is C=CCn1c(SCC(=O)Nc2ccc(C)cc2C)nnc1-c1ccc(OC(F)F)cc1. The highest BCUT2D eigenvalue weighted by molar-refractivity contribution is 7.99. The Kier molecular flexibility index (Phi) is 7.41. The van der Waals surface area contributed by atoms with Gasteiger partial charge in [0.25, 0.3) is 0 Å². The van der Waals surface area contributed by atoms with Crippen LogP contribution >= 0.6 is 11.8 Å². The lowest BCUT2D eigenvalue weighted by atomic mass is 10.1. The molecule has 0 spiro atoms. The molecule has 162 valence electrons. The van der Waals surface area contributed by atoms with Gasteiger partial charge >= 0.3 is 6.61 Å². The van der Waals surface area contributed by atoms with Crippen molar-refractivity contribution in [3.8, 4) is 17.1 Å². The van der Waals surface area contributed by atoms with Crippen LogP contribution in [0.4, 0.5) is 14.5 Å². The van der Waals surface area contributed by atoms with Crippen LogP contribution in [0.15, 0.2) is 60.3 Å². The van der Waals surface area contributed by atoms with E-state index in [2.05, 4.69) is 26.8 Å². The lowest BCUT2D eigenvalue weighted by molar-refractivity contribution is -0.113. The molecule has 1 heterocycles. The minimum absolute atomic E-state index is 0.0613. The summed E-state index contributed by atoms with van der Waals surface area (Å²) in [4.78, 5) is 12.4. The van der Waals surface area contributed by atoms with Gasteiger partial charge in [0.05, 0.1) is 5.75 Å². The number of ether oxygens (including phenoxy) is 1. The van der Waals surface area contributed by atoms with Gasteiger partial charge in [0.2, 0.25) is 5.91 Å². The lowest BCUT2D eigenvalue weighted by Crippen LogP contribution is -2.15. The molecule has 6 nitrogen and oxygen atoms in total. The standard InChI is InChI=1S/C22H22F2N4O2S/c1-4-11-28-20(16-6-8-17(9-7-16)30-21(23)24)26-27-22(28)31-13-19(29)25-18-10-5-14(2)12-15(18)3/h4-10,12,21H,1,11,13H2,2-3H3,(H,25,29). The summed E-state index contributed by atoms with van der Waals surface area (Å²) in [6, 6.07) is 12.0. The first kappa shape index (κ1) is 22.5. The van der Waals surface area contributed by atoms with E-state index < -0.39 is 6.61 Å². The average molecular weight is 445 g/mol. The summed E-state index contributed by atoms with van der Waals surface area (Å²) in [6.45, 7) is 5.25. The van der Waals surface area contributed by atoms with Crippen molar-refractivity contribution in [1.29, 1.82) is 0 Å². The highest BCUT2D eigenvalue weighted by Crippen LogP contribution is 2.26. The van der Waals surface area contributed by atoms with E-state index in [1.165, 1.54) is 23.9 Å². The number of thioether (sulfide) groups is 1. The van der Waals surface area contributed by atoms with Gasteiger partial charge < -0.3 is 10.1 Å². The van der Waals surface area contributed by atoms with Crippen molar-refractivity contribution in [2.45, 2.75) is 32.2 Å². The third-order valence-electron chi connectivity index (χ3n) is 4.35. The Bertz CT molecular complexity index is 1070. The summed E-state index contributed by atoms with van der Waals surface area (Å²) in [7, 11) is 0. The first-order valence-electron chi connectivity index (χ1n) is 9.46. The molecule has 1 aromatic heterocycles. The number of rotatable bonds is 9. The van der Waals surface area contributed by atoms with Crippen LogP contribution in [0.2, 0.25) is 0 Å². The van der Waals surface area contributed by atoms with Crippen LogP contribution in [-0.4, -0.2) is 33.0 Å². The number of halogens is 2. The monoisotopic (exact) mass is 444 g/mol. The Hall–Kier alpha value is -3.20. The van der Waals surface area contributed by atoms with E-state index in [4.69, 9.17) is 0 Å². The van der Waals surface area contributed by atoms with Crippen molar-refractivity contribution < 1.29 is 18.3 Å². The van der Waals surface area contributed by atoms with E-state index >= 15 is 0 Å². The van der Waals surface area contributed by atoms with E-state index in [1.54, 1.807) is 18.2 Å². The van der Waals surface area contributed by atoms with Gasteiger partial charge in [0, 0.05) is 17.8 Å². The summed E-state index contributed by atoms with van der Waals surface area (Å²) in [6.07, 6.45) is 1.70. The second kappa shape index (κ2) is 10.2. The molecule has 0 aliphatic heterocycles. The quantitative estimate of drug-likeness (QED) is 0.368. The molecule has 3 rings (SSSR count). The number of carbonyl (C=O) groups is 1. The van der Waals surface area contributed by atoms with Crippen LogP contribution < -0.4 is 10.1 Å². The number of aromatic nitrogens is 3. The smallest absolute Gasteiger partial charge is 0.387 e. The molecule has 0 aliphatic rings. The van der Waals surface area contributed by atoms with Crippen LogP contribution in [0.25, 0.3) is 11.4 Å². The minimum atomic E-state index is -2.88. The molecule has 0 atom stereocenters. The number of alkyl halides is 2. The van der Waals surface area contributed by atoms with E-state index in [1.807, 2.05) is 36.6 Å². The van der Waals surface area contributed by atoms with Gasteiger partial charge in [-0.3, -0.25) is 9.36 Å². The molecular formula is C22H22F2N4O2S. The number of benzene rings is 2. The Balaban J connectivity index is 1.71. The largest absolute Gasteiger partial charge is 0.435 e. The van der Waals surface area contributed by atoms with E-state index in [-0.39, 0.29) is 17.4 Å². The number of hydrogen-bond donors (Lipinski definition) is 1. The fraction of sp³-hybridized carbons (Fsp3) is 0.227. The molecule has 0 radical (unpaired) electrons. The first-order chi connectivity index (χ1) is 14.9. The molecule has 0 saturated carbocycles. The number of nitrogens with one attached hydrogen (secondary N) is 1. The second-order valence-electron chi connectivity index (χ2n) is 6.76. The summed E-state index contributed by atoms with van der Waals surface area (Å²) < 4.78 is 30.9. The molecule has 0 bridgehead atoms. The molecule has 2 aromatic carbocycles. The molecule has 3 aromatic rings. The normalized spacial score (nSPS) is 10.9. The maximum atomic E-state index is 12.4. The van der Waals surface area contributed by atoms with Gasteiger partial charge in [0.1, 0.15) is 5.75 Å². The maximum absolute atomic E-state index is 12.4. The highest BCUT2D eigenvalue weighted by atomic mass is 32.2. The van der Waals surface area contributed by atoms with E-state index in [9.17, 15) is 13.6 Å². The van der Waals surface area contributed by atoms with E-state index in [0.29, 0.717) is 23.1 Å². The molecule has 0 aliphatic carbocycles. The van der Waals surface area contributed by atoms with Crippen molar-refractivity contribution in [1.82, 2.24) is 14.8 Å². The van der Waals surface area contributed by atoms with Crippen LogP contribution in [0.3, 0.4) is 0 Å². The van der Waals surface area contributed by atoms with Crippen molar-refractivity contribution in [3.63, 3.8) is 0 Å². The third-order valence-corrected chi connectivity index (χ3v) is 5.32. The maximum Gasteiger partial charge on any atom is 0.387 e. The average Bonchev–Trinajstić information content (AvgIpc) is 3.12. The van der Waals surface area contributed by atoms with Gasteiger partial charge in [-0.2, -0.15) is 8.78 Å². The van der Waals surface area contributed by atoms with Gasteiger partial charge in [0.15, 0.2) is 11.0 Å². The number of amides is 1. The molecule has 1 amide bonds. The van der Waals surface area contributed by atoms with Crippen LogP contribution in [0, 0.1) is 13.8 Å². The van der Waals surface area contributed by atoms with Crippen LogP contribution in [0.1, 0.15) is 11.1 Å². The minimum Gasteiger partial charge on any atom is -0.435 e. The second-order valence-corrected chi connectivity index (χ2v) is 7.71. The predicted molar refractivity (Wildman–Crippen MR) is 118 cm³/mol. The Labute approximate surface area is 183 Å². The van der Waals surface area contributed by atoms with Crippen molar-refractivity contribution >= 4 is 23.4 Å². The number of anilines is 1. The number of carbonyl (C=O) groups excluding carboxylic acids is 1. The summed E-state index contributed by atoms with van der Waals surface area (Å²) in [5.74, 6) is 0.608. The molecule has 31 heavy (non-hydrogen) atoms. The molecule has 0 unspecified atom stereocenters. The van der Waals surface area contributed by atoms with Crippen molar-refractivity contribution in [2.24, 2.45) is 0 Å². The molecular weight excluding hydrogens is 422 g/mol. The summed E-state index contributed by atoms with van der Waals surface area (Å²) in [5, 5.41) is 11.9. The Morgan fingerprint density at radius 2 is 1.97 bits per heavy atom. The summed E-state index contributed by atoms with van der Waals surface area (Å²) in [5.41, 5.74) is 3.58. The molecule has 0 fully saturated rings. The fourth-order valence-corrected chi connectivity index (χ4v) is 3.71. The van der Waals surface area contributed by atoms with Crippen molar-refractivity contribution in [3.05, 3.63) is 66.2 Å². The number of aryl methyl sites for hydroxylation is 2. The number of allylic oxidation sites excluding steroid dienone is 1. The molecule has 1 N–H and O–H groups in total. The zero-order valence-corrected chi connectivity index (χ0v) is 18.0. The van der Waals surface area contributed by atoms with E-state index in [0.717, 1.165) is 16.8 Å². The third kappa shape index (κ3) is 5.91. The highest BCUT2D eigenvalue weighted by Gasteiger charge is 2.16. The lowest BCUT2D eigenvalue weighted by Gasteiger charge is -2.10. The molecule has 0 saturated heterocycles. The summed E-state index contributed by atoms with van der Waals surface area (Å²) >= 11 is 1.26. The molecule has 9 heteroatoms. The van der Waals surface area contributed by atoms with Gasteiger partial charge in [-0.1, -0.05) is 35.5 Å². The van der Waals surface area contributed by atoms with Gasteiger partial charge in [-0.25, -0.2) is 0 Å². The number of nitrogens with zero attached hydrogens (tertiary/aromatic N) is 3. The zero-order chi connectivity index (χ0) is 22.4. The fourth-order valence-electron chi connectivity index (χ4n) is 2.96. The van der Waals surface area contributed by atoms with Gasteiger partial charge in [-0.05, 0) is 49.7 Å². The zero-order valence-electron chi connectivity index (χ0n) is 17.1. The number of hydrogen-bond acceptors (Lipinski definition) is 5. The van der Waals surface area contributed by atoms with Crippen LogP contribution in [-0.2, 0) is 11.3 Å². The topological polar surface area (TPSA) is 69.0 Å². The predicted octanol–water partition coefficient (Wildman–Crippen LogP) is 5.08. The first-order valence-corrected chi connectivity index (χ1v) is 10.4. The van der Waals surface area contributed by atoms with Crippen LogP contribution in [0.5, 0.6) is 5.75 Å². The Morgan fingerprint density at radius 3 is 2.61 bits per heavy atom. The van der Waals surface area contributed by atoms with Crippen molar-refractivity contribution in [2.75, 3.05) is 11.1 Å². The van der Waals surface area contributed by atoms with Gasteiger partial charge in [-0.15, -0.1) is 16.8 Å².